The number of hydrogen-bond donors (Lipinski definition) is 1. The van der Waals surface area contributed by atoms with Gasteiger partial charge < -0.3 is 0 Å². The first kappa shape index (κ1) is 12.5. The standard InChI is InChI=1S/C10H10N4O3S/c1-7(5-11)6-12-18(15,16)9-4-2-3-8-10(9)14-17-13-8/h2-4,7,12H,6H2,1H3. The quantitative estimate of drug-likeness (QED) is 0.870. The Morgan fingerprint density at radius 2 is 2.28 bits per heavy atom. The highest BCUT2D eigenvalue weighted by atomic mass is 32.2. The Morgan fingerprint density at radius 3 is 3.00 bits per heavy atom. The maximum absolute atomic E-state index is 12.0. The van der Waals surface area contributed by atoms with Crippen LogP contribution in [0.2, 0.25) is 0 Å². The lowest BCUT2D eigenvalue weighted by Crippen LogP contribution is -2.28. The molecule has 1 heterocycles. The fraction of sp³-hybridized carbons (Fsp3) is 0.300. The van der Waals surface area contributed by atoms with Crippen LogP contribution in [-0.2, 0) is 10.0 Å². The molecule has 0 bridgehead atoms. The molecule has 1 aromatic heterocycles. The predicted molar refractivity (Wildman–Crippen MR) is 61.8 cm³/mol. The number of hydrogen-bond acceptors (Lipinski definition) is 6. The van der Waals surface area contributed by atoms with E-state index in [9.17, 15) is 8.42 Å². The van der Waals surface area contributed by atoms with E-state index in [0.29, 0.717) is 5.52 Å². The fourth-order valence-electron chi connectivity index (χ4n) is 1.36. The zero-order valence-corrected chi connectivity index (χ0v) is 10.3. The van der Waals surface area contributed by atoms with Crippen molar-refractivity contribution < 1.29 is 13.0 Å². The van der Waals surface area contributed by atoms with Crippen molar-refractivity contribution in [1.29, 1.82) is 5.26 Å². The smallest absolute Gasteiger partial charge is 0.242 e. The summed E-state index contributed by atoms with van der Waals surface area (Å²) in [5, 5.41) is 15.8. The van der Waals surface area contributed by atoms with Gasteiger partial charge in [0.25, 0.3) is 0 Å². The van der Waals surface area contributed by atoms with Crippen molar-refractivity contribution in [2.75, 3.05) is 6.54 Å². The van der Waals surface area contributed by atoms with Crippen LogP contribution in [0.5, 0.6) is 0 Å². The van der Waals surface area contributed by atoms with Crippen LogP contribution in [0, 0.1) is 17.2 Å². The summed E-state index contributed by atoms with van der Waals surface area (Å²) in [7, 11) is -3.73. The predicted octanol–water partition coefficient (Wildman–Crippen LogP) is 0.661. The minimum absolute atomic E-state index is 0.00797. The molecule has 0 spiro atoms. The van der Waals surface area contributed by atoms with Crippen molar-refractivity contribution in [2.45, 2.75) is 11.8 Å². The Kier molecular flexibility index (Phi) is 3.27. The van der Waals surface area contributed by atoms with Gasteiger partial charge in [-0.05, 0) is 29.4 Å². The normalized spacial score (nSPS) is 13.3. The maximum Gasteiger partial charge on any atom is 0.242 e. The van der Waals surface area contributed by atoms with Gasteiger partial charge in [0.1, 0.15) is 10.4 Å². The van der Waals surface area contributed by atoms with Crippen molar-refractivity contribution >= 4 is 21.1 Å². The molecular formula is C10H10N4O3S. The van der Waals surface area contributed by atoms with Crippen LogP contribution in [0.1, 0.15) is 6.92 Å². The largest absolute Gasteiger partial charge is 0.243 e. The lowest BCUT2D eigenvalue weighted by Gasteiger charge is -2.07. The van der Waals surface area contributed by atoms with Gasteiger partial charge in [0.05, 0.1) is 12.0 Å². The molecule has 2 aromatic rings. The average Bonchev–Trinajstić information content (AvgIpc) is 2.83. The van der Waals surface area contributed by atoms with Crippen molar-refractivity contribution in [3.05, 3.63) is 18.2 Å². The van der Waals surface area contributed by atoms with Gasteiger partial charge in [-0.1, -0.05) is 6.07 Å². The number of fused-ring (bicyclic) bond motifs is 1. The molecule has 0 amide bonds. The van der Waals surface area contributed by atoms with Crippen molar-refractivity contribution in [3.63, 3.8) is 0 Å². The number of sulfonamides is 1. The Hall–Kier alpha value is -1.98. The van der Waals surface area contributed by atoms with Crippen LogP contribution in [0.4, 0.5) is 0 Å². The highest BCUT2D eigenvalue weighted by Gasteiger charge is 2.20. The van der Waals surface area contributed by atoms with E-state index in [1.165, 1.54) is 6.07 Å². The topological polar surface area (TPSA) is 109 Å². The van der Waals surface area contributed by atoms with Crippen LogP contribution in [0.25, 0.3) is 11.0 Å². The number of benzene rings is 1. The first-order chi connectivity index (χ1) is 8.54. The lowest BCUT2D eigenvalue weighted by molar-refractivity contribution is 0.315. The molecule has 0 saturated carbocycles. The summed E-state index contributed by atoms with van der Waals surface area (Å²) in [5.41, 5.74) is 0.542. The van der Waals surface area contributed by atoms with Gasteiger partial charge in [-0.15, -0.1) is 0 Å². The zero-order chi connectivity index (χ0) is 13.2. The molecule has 0 saturated heterocycles. The summed E-state index contributed by atoms with van der Waals surface area (Å²) in [6.45, 7) is 1.67. The molecule has 2 rings (SSSR count). The van der Waals surface area contributed by atoms with Gasteiger partial charge in [-0.3, -0.25) is 0 Å². The number of nitrogens with zero attached hydrogens (tertiary/aromatic N) is 3. The van der Waals surface area contributed by atoms with E-state index >= 15 is 0 Å². The molecule has 0 aliphatic rings. The van der Waals surface area contributed by atoms with E-state index < -0.39 is 15.9 Å². The zero-order valence-electron chi connectivity index (χ0n) is 9.49. The van der Waals surface area contributed by atoms with Crippen LogP contribution in [-0.4, -0.2) is 25.3 Å². The van der Waals surface area contributed by atoms with E-state index in [1.54, 1.807) is 19.1 Å². The molecule has 94 valence electrons. The van der Waals surface area contributed by atoms with E-state index in [0.717, 1.165) is 0 Å². The molecule has 0 aliphatic heterocycles. The van der Waals surface area contributed by atoms with Crippen LogP contribution >= 0.6 is 0 Å². The molecular weight excluding hydrogens is 256 g/mol. The molecule has 8 heteroatoms. The van der Waals surface area contributed by atoms with Crippen LogP contribution < -0.4 is 4.72 Å². The van der Waals surface area contributed by atoms with Gasteiger partial charge in [0.15, 0.2) is 5.52 Å². The second-order valence-corrected chi connectivity index (χ2v) is 5.51. The average molecular weight is 266 g/mol. The van der Waals surface area contributed by atoms with Crippen molar-refractivity contribution in [1.82, 2.24) is 15.0 Å². The second-order valence-electron chi connectivity index (χ2n) is 3.77. The van der Waals surface area contributed by atoms with Gasteiger partial charge in [-0.25, -0.2) is 17.8 Å². The van der Waals surface area contributed by atoms with Crippen LogP contribution in [0.15, 0.2) is 27.7 Å². The summed E-state index contributed by atoms with van der Waals surface area (Å²) >= 11 is 0. The number of rotatable bonds is 4. The Bertz CT molecular complexity index is 701. The van der Waals surface area contributed by atoms with Crippen molar-refractivity contribution in [3.8, 4) is 6.07 Å². The minimum Gasteiger partial charge on any atom is -0.243 e. The molecule has 0 fully saturated rings. The highest BCUT2D eigenvalue weighted by molar-refractivity contribution is 7.89. The molecule has 7 nitrogen and oxygen atoms in total. The van der Waals surface area contributed by atoms with Crippen LogP contribution in [0.3, 0.4) is 0 Å². The summed E-state index contributed by atoms with van der Waals surface area (Å²) in [6.07, 6.45) is 0. The Labute approximate surface area is 103 Å². The van der Waals surface area contributed by atoms with Gasteiger partial charge in [-0.2, -0.15) is 5.26 Å². The molecule has 0 aliphatic carbocycles. The second kappa shape index (κ2) is 4.72. The summed E-state index contributed by atoms with van der Waals surface area (Å²) in [5.74, 6) is -0.408. The van der Waals surface area contributed by atoms with E-state index in [2.05, 4.69) is 19.7 Å². The third kappa shape index (κ3) is 2.32. The summed E-state index contributed by atoms with van der Waals surface area (Å²) in [6, 6.07) is 6.51. The molecule has 1 unspecified atom stereocenters. The van der Waals surface area contributed by atoms with Gasteiger partial charge >= 0.3 is 0 Å². The van der Waals surface area contributed by atoms with E-state index in [4.69, 9.17) is 5.26 Å². The minimum atomic E-state index is -3.73. The van der Waals surface area contributed by atoms with Gasteiger partial charge in [0.2, 0.25) is 10.0 Å². The van der Waals surface area contributed by atoms with Crippen molar-refractivity contribution in [2.24, 2.45) is 5.92 Å². The monoisotopic (exact) mass is 266 g/mol. The first-order valence-corrected chi connectivity index (χ1v) is 6.63. The lowest BCUT2D eigenvalue weighted by atomic mass is 10.2. The number of aromatic nitrogens is 2. The fourth-order valence-corrected chi connectivity index (χ4v) is 2.64. The highest BCUT2D eigenvalue weighted by Crippen LogP contribution is 2.19. The van der Waals surface area contributed by atoms with Gasteiger partial charge in [0, 0.05) is 6.54 Å². The van der Waals surface area contributed by atoms with E-state index in [-0.39, 0.29) is 17.0 Å². The third-order valence-corrected chi connectivity index (χ3v) is 3.79. The molecule has 1 N–H and O–H groups in total. The third-order valence-electron chi connectivity index (χ3n) is 2.34. The molecule has 1 aromatic carbocycles. The Balaban J connectivity index is 2.36. The molecule has 18 heavy (non-hydrogen) atoms. The maximum atomic E-state index is 12.0. The summed E-state index contributed by atoms with van der Waals surface area (Å²) < 4.78 is 30.9. The van der Waals surface area contributed by atoms with E-state index in [1.807, 2.05) is 6.07 Å². The summed E-state index contributed by atoms with van der Waals surface area (Å²) in [4.78, 5) is -0.00797. The molecule has 1 atom stereocenters. The molecule has 0 radical (unpaired) electrons. The number of nitrogens with one attached hydrogen (secondary N) is 1. The SMILES string of the molecule is CC(C#N)CNS(=O)(=O)c1cccc2nonc12. The first-order valence-electron chi connectivity index (χ1n) is 5.15. The number of nitriles is 1. The Morgan fingerprint density at radius 1 is 1.50 bits per heavy atom.